The molecule has 0 aliphatic carbocycles. The van der Waals surface area contributed by atoms with E-state index in [2.05, 4.69) is 44.7 Å². The van der Waals surface area contributed by atoms with E-state index in [1.807, 2.05) is 25.4 Å². The Kier molecular flexibility index (Phi) is 2.92. The topological polar surface area (TPSA) is 55.8 Å². The third-order valence-electron chi connectivity index (χ3n) is 4.51. The van der Waals surface area contributed by atoms with Gasteiger partial charge in [-0.05, 0) is 25.3 Å². The van der Waals surface area contributed by atoms with Crippen molar-refractivity contribution in [3.05, 3.63) is 47.5 Å². The van der Waals surface area contributed by atoms with E-state index in [0.717, 1.165) is 17.2 Å². The number of aliphatic imine (C=N–C) groups is 1. The molecule has 4 rings (SSSR count). The third kappa shape index (κ3) is 1.65. The summed E-state index contributed by atoms with van der Waals surface area (Å²) >= 11 is 6.04. The summed E-state index contributed by atoms with van der Waals surface area (Å²) in [5.41, 5.74) is 1.78. The normalized spacial score (nSPS) is 29.6. The Balaban J connectivity index is 1.79. The van der Waals surface area contributed by atoms with E-state index in [1.54, 1.807) is 6.07 Å². The molecule has 1 aromatic heterocycles. The number of halogens is 1. The molecule has 4 heterocycles. The second-order valence-electron chi connectivity index (χ2n) is 5.59. The Morgan fingerprint density at radius 1 is 1.45 bits per heavy atom. The average Bonchev–Trinajstić information content (AvgIpc) is 3.07. The number of nitrogens with zero attached hydrogens (tertiary/aromatic N) is 4. The second-order valence-corrected chi connectivity index (χ2v) is 5.98. The van der Waals surface area contributed by atoms with Crippen molar-refractivity contribution in [3.63, 3.8) is 0 Å². The lowest BCUT2D eigenvalue weighted by Gasteiger charge is -2.43. The van der Waals surface area contributed by atoms with Crippen molar-refractivity contribution >= 4 is 23.1 Å². The van der Waals surface area contributed by atoms with Gasteiger partial charge in [0.25, 0.3) is 0 Å². The van der Waals surface area contributed by atoms with Crippen LogP contribution in [0.15, 0.2) is 47.4 Å². The summed E-state index contributed by atoms with van der Waals surface area (Å²) in [7, 11) is 4.00. The maximum absolute atomic E-state index is 6.04. The van der Waals surface area contributed by atoms with Gasteiger partial charge in [0.2, 0.25) is 0 Å². The van der Waals surface area contributed by atoms with Crippen molar-refractivity contribution in [3.8, 4) is 0 Å². The smallest absolute Gasteiger partial charge is 0.136 e. The van der Waals surface area contributed by atoms with Crippen LogP contribution < -0.4 is 15.5 Å². The Morgan fingerprint density at radius 3 is 3.09 bits per heavy atom. The maximum Gasteiger partial charge on any atom is 0.136 e. The zero-order valence-electron chi connectivity index (χ0n) is 12.4. The number of anilines is 1. The van der Waals surface area contributed by atoms with Gasteiger partial charge in [-0.1, -0.05) is 17.7 Å². The van der Waals surface area contributed by atoms with Crippen LogP contribution in [0.2, 0.25) is 5.15 Å². The first-order valence-electron chi connectivity index (χ1n) is 7.17. The number of pyridine rings is 1. The lowest BCUT2D eigenvalue weighted by molar-refractivity contribution is 0.223. The summed E-state index contributed by atoms with van der Waals surface area (Å²) < 4.78 is 0. The highest BCUT2D eigenvalue weighted by atomic mass is 35.5. The summed E-state index contributed by atoms with van der Waals surface area (Å²) in [4.78, 5) is 13.5. The van der Waals surface area contributed by atoms with E-state index in [4.69, 9.17) is 16.6 Å². The molecule has 0 saturated carbocycles. The largest absolute Gasteiger partial charge is 0.385 e. The predicted octanol–water partition coefficient (Wildman–Crippen LogP) is 1.14. The molecule has 114 valence electrons. The highest BCUT2D eigenvalue weighted by Crippen LogP contribution is 2.40. The lowest BCUT2D eigenvalue weighted by Crippen LogP contribution is -2.65. The average molecular weight is 317 g/mol. The molecule has 3 aliphatic rings. The van der Waals surface area contributed by atoms with Crippen LogP contribution >= 0.6 is 11.6 Å². The van der Waals surface area contributed by atoms with Crippen LogP contribution in [-0.4, -0.2) is 48.1 Å². The Bertz CT molecular complexity index is 712. The van der Waals surface area contributed by atoms with E-state index in [9.17, 15) is 0 Å². The van der Waals surface area contributed by atoms with Crippen molar-refractivity contribution in [2.24, 2.45) is 4.99 Å². The van der Waals surface area contributed by atoms with Gasteiger partial charge in [0.05, 0.1) is 18.1 Å². The van der Waals surface area contributed by atoms with Crippen molar-refractivity contribution in [1.82, 2.24) is 20.5 Å². The van der Waals surface area contributed by atoms with Gasteiger partial charge >= 0.3 is 0 Å². The summed E-state index contributed by atoms with van der Waals surface area (Å²) in [5.74, 6) is 0.819. The predicted molar refractivity (Wildman–Crippen MR) is 87.7 cm³/mol. The van der Waals surface area contributed by atoms with Crippen molar-refractivity contribution in [2.75, 3.05) is 25.7 Å². The second kappa shape index (κ2) is 4.72. The quantitative estimate of drug-likeness (QED) is 0.802. The van der Waals surface area contributed by atoms with Crippen LogP contribution in [0.3, 0.4) is 0 Å². The van der Waals surface area contributed by atoms with Gasteiger partial charge < -0.3 is 15.5 Å². The van der Waals surface area contributed by atoms with Crippen molar-refractivity contribution < 1.29 is 0 Å². The molecular weight excluding hydrogens is 300 g/mol. The highest BCUT2D eigenvalue weighted by Gasteiger charge is 2.56. The first-order valence-corrected chi connectivity index (χ1v) is 7.55. The molecule has 0 aromatic carbocycles. The molecule has 1 spiro atoms. The zero-order chi connectivity index (χ0) is 15.3. The standard InChI is InChI=1S/C15H17ClN6/c1-17-10-8-18-14-15(13(10)19-9-21(15)2)6-7-22(14)12-5-3-4-11(16)20-12/h3-8,14,17-18H,9H2,1-2H3. The maximum atomic E-state index is 6.04. The monoisotopic (exact) mass is 316 g/mol. The van der Waals surface area contributed by atoms with Gasteiger partial charge in [-0.2, -0.15) is 0 Å². The summed E-state index contributed by atoms with van der Waals surface area (Å²) in [6.45, 7) is 0.674. The Hall–Kier alpha value is -2.05. The summed E-state index contributed by atoms with van der Waals surface area (Å²) in [5, 5.41) is 7.18. The molecule has 7 heteroatoms. The number of aromatic nitrogens is 1. The minimum Gasteiger partial charge on any atom is -0.385 e. The number of rotatable bonds is 2. The van der Waals surface area contributed by atoms with Crippen LogP contribution in [0, 0.1) is 0 Å². The van der Waals surface area contributed by atoms with Gasteiger partial charge in [-0.3, -0.25) is 9.89 Å². The van der Waals surface area contributed by atoms with Gasteiger partial charge in [0.1, 0.15) is 22.7 Å². The van der Waals surface area contributed by atoms with Crippen LogP contribution in [0.25, 0.3) is 0 Å². The molecular formula is C15H17ClN6. The fraction of sp³-hybridized carbons (Fsp3) is 0.333. The Morgan fingerprint density at radius 2 is 2.32 bits per heavy atom. The molecule has 3 aliphatic heterocycles. The van der Waals surface area contributed by atoms with E-state index < -0.39 is 0 Å². The molecule has 0 fully saturated rings. The van der Waals surface area contributed by atoms with Crippen LogP contribution in [0.1, 0.15) is 0 Å². The molecule has 22 heavy (non-hydrogen) atoms. The number of hydrogen-bond donors (Lipinski definition) is 2. The molecule has 0 amide bonds. The number of nitrogens with one attached hydrogen (secondary N) is 2. The van der Waals surface area contributed by atoms with Crippen molar-refractivity contribution in [2.45, 2.75) is 11.7 Å². The molecule has 2 unspecified atom stereocenters. The van der Waals surface area contributed by atoms with Gasteiger partial charge in [0, 0.05) is 19.4 Å². The minimum atomic E-state index is -0.295. The van der Waals surface area contributed by atoms with E-state index in [-0.39, 0.29) is 11.7 Å². The molecule has 6 nitrogen and oxygen atoms in total. The number of hydrogen-bond acceptors (Lipinski definition) is 6. The summed E-state index contributed by atoms with van der Waals surface area (Å²) in [6, 6.07) is 5.65. The Labute approximate surface area is 134 Å². The van der Waals surface area contributed by atoms with Crippen molar-refractivity contribution in [1.29, 1.82) is 0 Å². The molecule has 0 bridgehead atoms. The van der Waals surface area contributed by atoms with Gasteiger partial charge in [-0.15, -0.1) is 0 Å². The molecule has 0 saturated heterocycles. The summed E-state index contributed by atoms with van der Waals surface area (Å²) in [6.07, 6.45) is 6.22. The molecule has 2 atom stereocenters. The van der Waals surface area contributed by atoms with E-state index >= 15 is 0 Å². The lowest BCUT2D eigenvalue weighted by atomic mass is 9.86. The fourth-order valence-electron chi connectivity index (χ4n) is 3.41. The first kappa shape index (κ1) is 13.6. The highest BCUT2D eigenvalue weighted by molar-refractivity contribution is 6.29. The van der Waals surface area contributed by atoms with Crippen LogP contribution in [0.5, 0.6) is 0 Å². The van der Waals surface area contributed by atoms with E-state index in [1.165, 1.54) is 0 Å². The van der Waals surface area contributed by atoms with Crippen LogP contribution in [-0.2, 0) is 0 Å². The zero-order valence-corrected chi connectivity index (χ0v) is 13.2. The SMILES string of the molecule is CNC1=CNC2N(c3cccc(Cl)n3)C=CC23C1=NCN3C. The minimum absolute atomic E-state index is 0.00168. The first-order chi connectivity index (χ1) is 10.7. The van der Waals surface area contributed by atoms with Gasteiger partial charge in [0.15, 0.2) is 0 Å². The molecule has 0 radical (unpaired) electrons. The molecule has 1 aromatic rings. The van der Waals surface area contributed by atoms with Gasteiger partial charge in [-0.25, -0.2) is 4.98 Å². The fourth-order valence-corrected chi connectivity index (χ4v) is 3.57. The van der Waals surface area contributed by atoms with E-state index in [0.29, 0.717) is 11.8 Å². The number of likely N-dealkylation sites (N-methyl/N-ethyl adjacent to an activating group) is 1. The third-order valence-corrected chi connectivity index (χ3v) is 4.72. The van der Waals surface area contributed by atoms with Crippen LogP contribution in [0.4, 0.5) is 5.82 Å². The molecule has 2 N–H and O–H groups in total.